The van der Waals surface area contributed by atoms with Crippen molar-refractivity contribution in [3.05, 3.63) is 35.9 Å². The van der Waals surface area contributed by atoms with E-state index in [-0.39, 0.29) is 18.0 Å². The Labute approximate surface area is 109 Å². The van der Waals surface area contributed by atoms with Crippen molar-refractivity contribution >= 4 is 5.91 Å². The Bertz CT molecular complexity index is 391. The zero-order valence-corrected chi connectivity index (χ0v) is 11.0. The molecule has 1 amide bonds. The maximum Gasteiger partial charge on any atom is 0.239 e. The smallest absolute Gasteiger partial charge is 0.239 e. The van der Waals surface area contributed by atoms with Crippen LogP contribution in [0.4, 0.5) is 0 Å². The Balaban J connectivity index is 2.10. The van der Waals surface area contributed by atoms with Gasteiger partial charge >= 0.3 is 0 Å². The quantitative estimate of drug-likeness (QED) is 0.887. The van der Waals surface area contributed by atoms with Crippen LogP contribution in [-0.4, -0.2) is 23.4 Å². The van der Waals surface area contributed by atoms with Crippen LogP contribution in [0, 0.1) is 0 Å². The van der Waals surface area contributed by atoms with Crippen molar-refractivity contribution in [2.45, 2.75) is 44.7 Å². The number of carbonyl (C=O) groups is 1. The number of likely N-dealkylation sites (tertiary alicyclic amines) is 1. The van der Waals surface area contributed by atoms with E-state index < -0.39 is 0 Å². The lowest BCUT2D eigenvalue weighted by Crippen LogP contribution is -2.43. The molecule has 98 valence electrons. The average Bonchev–Trinajstić information content (AvgIpc) is 2.88. The molecule has 1 aliphatic rings. The molecule has 1 fully saturated rings. The molecule has 0 radical (unpaired) electrons. The van der Waals surface area contributed by atoms with E-state index in [0.29, 0.717) is 0 Å². The lowest BCUT2D eigenvalue weighted by atomic mass is 10.0. The third kappa shape index (κ3) is 2.72. The van der Waals surface area contributed by atoms with Gasteiger partial charge in [0.2, 0.25) is 5.91 Å². The van der Waals surface area contributed by atoms with Gasteiger partial charge in [-0.1, -0.05) is 43.7 Å². The minimum atomic E-state index is -0.334. The highest BCUT2D eigenvalue weighted by Crippen LogP contribution is 2.32. The van der Waals surface area contributed by atoms with Crippen LogP contribution in [0.1, 0.15) is 44.2 Å². The number of hydrogen-bond acceptors (Lipinski definition) is 2. The Morgan fingerprint density at radius 1 is 1.44 bits per heavy atom. The van der Waals surface area contributed by atoms with E-state index in [2.05, 4.69) is 19.1 Å². The van der Waals surface area contributed by atoms with Gasteiger partial charge in [-0.05, 0) is 24.8 Å². The molecule has 3 nitrogen and oxygen atoms in total. The van der Waals surface area contributed by atoms with Gasteiger partial charge in [0, 0.05) is 6.54 Å². The molecule has 1 saturated heterocycles. The molecule has 3 heteroatoms. The van der Waals surface area contributed by atoms with Crippen LogP contribution in [0.3, 0.4) is 0 Å². The summed E-state index contributed by atoms with van der Waals surface area (Å²) in [4.78, 5) is 14.3. The van der Waals surface area contributed by atoms with Crippen LogP contribution in [0.2, 0.25) is 0 Å². The first kappa shape index (κ1) is 13.1. The third-order valence-electron chi connectivity index (χ3n) is 3.64. The Morgan fingerprint density at radius 3 is 2.83 bits per heavy atom. The first-order valence-corrected chi connectivity index (χ1v) is 6.85. The topological polar surface area (TPSA) is 46.3 Å². The van der Waals surface area contributed by atoms with Gasteiger partial charge in [0.1, 0.15) is 0 Å². The number of rotatable bonds is 4. The van der Waals surface area contributed by atoms with Crippen molar-refractivity contribution in [3.63, 3.8) is 0 Å². The molecule has 1 aromatic carbocycles. The van der Waals surface area contributed by atoms with Crippen LogP contribution < -0.4 is 5.73 Å². The number of benzene rings is 1. The molecule has 1 unspecified atom stereocenters. The molecule has 0 bridgehead atoms. The molecule has 2 rings (SSSR count). The standard InChI is InChI=1S/C15H22N2O/c1-2-7-13(16)15(18)17-11-6-10-14(17)12-8-4-3-5-9-12/h3-5,8-9,13-14H,2,6-7,10-11,16H2,1H3/t13-,14?/m0/s1. The molecule has 0 saturated carbocycles. The van der Waals surface area contributed by atoms with Gasteiger partial charge < -0.3 is 10.6 Å². The summed E-state index contributed by atoms with van der Waals surface area (Å²) in [5.74, 6) is 0.114. The van der Waals surface area contributed by atoms with Gasteiger partial charge in [0.05, 0.1) is 12.1 Å². The first-order valence-electron chi connectivity index (χ1n) is 6.85. The highest BCUT2D eigenvalue weighted by atomic mass is 16.2. The van der Waals surface area contributed by atoms with Crippen LogP contribution in [-0.2, 0) is 4.79 Å². The van der Waals surface area contributed by atoms with Crippen molar-refractivity contribution in [3.8, 4) is 0 Å². The first-order chi connectivity index (χ1) is 8.74. The summed E-state index contributed by atoms with van der Waals surface area (Å²) >= 11 is 0. The fourth-order valence-corrected chi connectivity index (χ4v) is 2.70. The summed E-state index contributed by atoms with van der Waals surface area (Å²) < 4.78 is 0. The van der Waals surface area contributed by atoms with Gasteiger partial charge in [-0.2, -0.15) is 0 Å². The third-order valence-corrected chi connectivity index (χ3v) is 3.64. The van der Waals surface area contributed by atoms with Gasteiger partial charge in [-0.3, -0.25) is 4.79 Å². The maximum absolute atomic E-state index is 12.3. The Kier molecular flexibility index (Phi) is 4.37. The molecule has 0 spiro atoms. The number of amides is 1. The highest BCUT2D eigenvalue weighted by molar-refractivity contribution is 5.82. The number of hydrogen-bond donors (Lipinski definition) is 1. The highest BCUT2D eigenvalue weighted by Gasteiger charge is 2.31. The molecule has 2 atom stereocenters. The van der Waals surface area contributed by atoms with Crippen LogP contribution in [0.15, 0.2) is 30.3 Å². The lowest BCUT2D eigenvalue weighted by Gasteiger charge is -2.27. The predicted molar refractivity (Wildman–Crippen MR) is 73.0 cm³/mol. The van der Waals surface area contributed by atoms with Crippen molar-refractivity contribution < 1.29 is 4.79 Å². The summed E-state index contributed by atoms with van der Waals surface area (Å²) in [7, 11) is 0. The monoisotopic (exact) mass is 246 g/mol. The zero-order chi connectivity index (χ0) is 13.0. The van der Waals surface area contributed by atoms with Crippen LogP contribution in [0.5, 0.6) is 0 Å². The average molecular weight is 246 g/mol. The summed E-state index contributed by atoms with van der Waals surface area (Å²) in [5, 5.41) is 0. The molecular formula is C15H22N2O. The second kappa shape index (κ2) is 6.01. The minimum absolute atomic E-state index is 0.114. The van der Waals surface area contributed by atoms with E-state index in [1.165, 1.54) is 5.56 Å². The lowest BCUT2D eigenvalue weighted by molar-refractivity contribution is -0.133. The second-order valence-corrected chi connectivity index (χ2v) is 5.00. The zero-order valence-electron chi connectivity index (χ0n) is 11.0. The Hall–Kier alpha value is -1.35. The van der Waals surface area contributed by atoms with E-state index in [0.717, 1.165) is 32.2 Å². The van der Waals surface area contributed by atoms with Crippen LogP contribution in [0.25, 0.3) is 0 Å². The summed E-state index contributed by atoms with van der Waals surface area (Å²) in [6.07, 6.45) is 3.85. The van der Waals surface area contributed by atoms with Gasteiger partial charge in [-0.25, -0.2) is 0 Å². The number of nitrogens with two attached hydrogens (primary N) is 1. The summed E-state index contributed by atoms with van der Waals surface area (Å²) in [6.45, 7) is 2.90. The summed E-state index contributed by atoms with van der Waals surface area (Å²) in [5.41, 5.74) is 7.19. The van der Waals surface area contributed by atoms with Crippen molar-refractivity contribution in [1.82, 2.24) is 4.90 Å². The fraction of sp³-hybridized carbons (Fsp3) is 0.533. The van der Waals surface area contributed by atoms with E-state index in [9.17, 15) is 4.79 Å². The summed E-state index contributed by atoms with van der Waals surface area (Å²) in [6, 6.07) is 10.2. The van der Waals surface area contributed by atoms with Crippen molar-refractivity contribution in [2.75, 3.05) is 6.54 Å². The van der Waals surface area contributed by atoms with Gasteiger partial charge in [0.15, 0.2) is 0 Å². The molecule has 1 heterocycles. The minimum Gasteiger partial charge on any atom is -0.334 e. The van der Waals surface area contributed by atoms with Crippen molar-refractivity contribution in [1.29, 1.82) is 0 Å². The predicted octanol–water partition coefficient (Wildman–Crippen LogP) is 2.48. The largest absolute Gasteiger partial charge is 0.334 e. The Morgan fingerprint density at radius 2 is 2.17 bits per heavy atom. The van der Waals surface area contributed by atoms with E-state index in [1.807, 2.05) is 23.1 Å². The SMILES string of the molecule is CCC[C@H](N)C(=O)N1CCCC1c1ccccc1. The molecule has 2 N–H and O–H groups in total. The molecule has 0 aromatic heterocycles. The van der Waals surface area contributed by atoms with Gasteiger partial charge in [0.25, 0.3) is 0 Å². The molecule has 1 aromatic rings. The number of carbonyl (C=O) groups excluding carboxylic acids is 1. The van der Waals surface area contributed by atoms with E-state index in [1.54, 1.807) is 0 Å². The molecule has 1 aliphatic heterocycles. The second-order valence-electron chi connectivity index (χ2n) is 5.00. The van der Waals surface area contributed by atoms with E-state index in [4.69, 9.17) is 5.73 Å². The van der Waals surface area contributed by atoms with Crippen LogP contribution >= 0.6 is 0 Å². The van der Waals surface area contributed by atoms with E-state index >= 15 is 0 Å². The normalized spacial score (nSPS) is 21.0. The fourth-order valence-electron chi connectivity index (χ4n) is 2.70. The van der Waals surface area contributed by atoms with Crippen molar-refractivity contribution in [2.24, 2.45) is 5.73 Å². The molecular weight excluding hydrogens is 224 g/mol. The molecule has 18 heavy (non-hydrogen) atoms. The molecule has 0 aliphatic carbocycles. The maximum atomic E-state index is 12.3. The van der Waals surface area contributed by atoms with Gasteiger partial charge in [-0.15, -0.1) is 0 Å². The number of nitrogens with zero attached hydrogens (tertiary/aromatic N) is 1.